The molecule has 0 saturated carbocycles. The third-order valence-electron chi connectivity index (χ3n) is 1.69. The molecule has 2 rings (SSSR count). The summed E-state index contributed by atoms with van der Waals surface area (Å²) in [6.07, 6.45) is 1.55. The first-order valence-electron chi connectivity index (χ1n) is 3.51. The third-order valence-corrected chi connectivity index (χ3v) is 2.01. The van der Waals surface area contributed by atoms with Gasteiger partial charge >= 0.3 is 0 Å². The fraction of sp³-hybridized carbons (Fsp3) is 0. The topological polar surface area (TPSA) is 33.1 Å². The molecule has 3 heteroatoms. The van der Waals surface area contributed by atoms with Gasteiger partial charge in [-0.05, 0) is 18.2 Å². The van der Waals surface area contributed by atoms with Gasteiger partial charge in [0.1, 0.15) is 5.75 Å². The van der Waals surface area contributed by atoms with Crippen LogP contribution in [0.25, 0.3) is 10.9 Å². The van der Waals surface area contributed by atoms with Crippen molar-refractivity contribution in [3.8, 4) is 5.75 Å². The largest absolute Gasteiger partial charge is 0.507 e. The highest BCUT2D eigenvalue weighted by atomic mass is 35.5. The van der Waals surface area contributed by atoms with E-state index in [0.717, 1.165) is 0 Å². The Morgan fingerprint density at radius 1 is 1.25 bits per heavy atom. The standard InChI is InChI=1S/C9H6ClNO/c10-6-2-1-3-7-9(6)8(12)4-5-11-7/h1-5H,(H,11,12). The van der Waals surface area contributed by atoms with Crippen LogP contribution in [0.2, 0.25) is 5.02 Å². The lowest BCUT2D eigenvalue weighted by Gasteiger charge is -2.00. The lowest BCUT2D eigenvalue weighted by Crippen LogP contribution is -1.78. The highest BCUT2D eigenvalue weighted by Gasteiger charge is 2.02. The zero-order valence-electron chi connectivity index (χ0n) is 6.16. The molecule has 12 heavy (non-hydrogen) atoms. The number of hydrogen-bond acceptors (Lipinski definition) is 2. The number of halogens is 1. The second-order valence-corrected chi connectivity index (χ2v) is 2.87. The van der Waals surface area contributed by atoms with Crippen LogP contribution in [0, 0.1) is 0 Å². The predicted octanol–water partition coefficient (Wildman–Crippen LogP) is 2.59. The number of rotatable bonds is 0. The van der Waals surface area contributed by atoms with E-state index < -0.39 is 0 Å². The van der Waals surface area contributed by atoms with Crippen molar-refractivity contribution in [2.24, 2.45) is 0 Å². The minimum Gasteiger partial charge on any atom is -0.507 e. The molecule has 1 heterocycles. The van der Waals surface area contributed by atoms with E-state index >= 15 is 0 Å². The van der Waals surface area contributed by atoms with Crippen molar-refractivity contribution in [1.82, 2.24) is 4.98 Å². The van der Waals surface area contributed by atoms with Gasteiger partial charge in [0, 0.05) is 6.20 Å². The van der Waals surface area contributed by atoms with Crippen LogP contribution >= 0.6 is 11.6 Å². The Balaban J connectivity index is 2.96. The molecule has 0 saturated heterocycles. The van der Waals surface area contributed by atoms with Gasteiger partial charge in [-0.3, -0.25) is 4.98 Å². The van der Waals surface area contributed by atoms with E-state index in [-0.39, 0.29) is 5.75 Å². The van der Waals surface area contributed by atoms with Crippen LogP contribution in [0.3, 0.4) is 0 Å². The van der Waals surface area contributed by atoms with E-state index in [1.807, 2.05) is 0 Å². The maximum atomic E-state index is 9.43. The summed E-state index contributed by atoms with van der Waals surface area (Å²) in [6.45, 7) is 0. The average Bonchev–Trinajstić information content (AvgIpc) is 2.04. The van der Waals surface area contributed by atoms with Crippen molar-refractivity contribution in [3.63, 3.8) is 0 Å². The highest BCUT2D eigenvalue weighted by Crippen LogP contribution is 2.29. The maximum absolute atomic E-state index is 9.43. The summed E-state index contributed by atoms with van der Waals surface area (Å²) >= 11 is 5.86. The molecule has 1 N–H and O–H groups in total. The number of aromatic nitrogens is 1. The van der Waals surface area contributed by atoms with Crippen molar-refractivity contribution in [2.75, 3.05) is 0 Å². The number of benzene rings is 1. The van der Waals surface area contributed by atoms with Crippen molar-refractivity contribution in [2.45, 2.75) is 0 Å². The van der Waals surface area contributed by atoms with Gasteiger partial charge in [0.15, 0.2) is 0 Å². The van der Waals surface area contributed by atoms with Crippen molar-refractivity contribution >= 4 is 22.5 Å². The van der Waals surface area contributed by atoms with Crippen molar-refractivity contribution in [3.05, 3.63) is 35.5 Å². The number of nitrogens with zero attached hydrogens (tertiary/aromatic N) is 1. The Bertz CT molecular complexity index is 391. The second kappa shape index (κ2) is 2.64. The van der Waals surface area contributed by atoms with E-state index in [1.165, 1.54) is 6.07 Å². The van der Waals surface area contributed by atoms with E-state index in [2.05, 4.69) is 4.98 Å². The summed E-state index contributed by atoms with van der Waals surface area (Å²) in [5.41, 5.74) is 0.711. The summed E-state index contributed by atoms with van der Waals surface area (Å²) in [5.74, 6) is 0.172. The zero-order valence-corrected chi connectivity index (χ0v) is 6.92. The van der Waals surface area contributed by atoms with Gasteiger partial charge in [-0.25, -0.2) is 0 Å². The van der Waals surface area contributed by atoms with Crippen molar-refractivity contribution < 1.29 is 5.11 Å². The molecule has 0 unspecified atom stereocenters. The van der Waals surface area contributed by atoms with Gasteiger partial charge < -0.3 is 5.11 Å². The van der Waals surface area contributed by atoms with Crippen LogP contribution in [0.1, 0.15) is 0 Å². The molecule has 60 valence electrons. The maximum Gasteiger partial charge on any atom is 0.128 e. The molecule has 0 bridgehead atoms. The zero-order chi connectivity index (χ0) is 8.55. The van der Waals surface area contributed by atoms with Gasteiger partial charge in [-0.1, -0.05) is 17.7 Å². The van der Waals surface area contributed by atoms with Crippen LogP contribution < -0.4 is 0 Å². The molecule has 0 radical (unpaired) electrons. The molecule has 0 spiro atoms. The summed E-state index contributed by atoms with van der Waals surface area (Å²) < 4.78 is 0. The predicted molar refractivity (Wildman–Crippen MR) is 48.4 cm³/mol. The quantitative estimate of drug-likeness (QED) is 0.675. The Kier molecular flexibility index (Phi) is 1.62. The number of fused-ring (bicyclic) bond motifs is 1. The number of hydrogen-bond donors (Lipinski definition) is 1. The molecule has 1 aromatic carbocycles. The minimum atomic E-state index is 0.172. The van der Waals surface area contributed by atoms with E-state index in [9.17, 15) is 5.11 Å². The molecule has 0 amide bonds. The molecule has 2 nitrogen and oxygen atoms in total. The van der Waals surface area contributed by atoms with E-state index in [1.54, 1.807) is 24.4 Å². The first kappa shape index (κ1) is 7.37. The normalized spacial score (nSPS) is 10.4. The van der Waals surface area contributed by atoms with E-state index in [0.29, 0.717) is 15.9 Å². The van der Waals surface area contributed by atoms with Crippen LogP contribution in [0.4, 0.5) is 0 Å². The minimum absolute atomic E-state index is 0.172. The molecular weight excluding hydrogens is 174 g/mol. The fourth-order valence-corrected chi connectivity index (χ4v) is 1.41. The Labute approximate surface area is 74.4 Å². The number of pyridine rings is 1. The highest BCUT2D eigenvalue weighted by molar-refractivity contribution is 6.35. The molecule has 1 aromatic heterocycles. The van der Waals surface area contributed by atoms with Gasteiger partial charge in [0.05, 0.1) is 15.9 Å². The van der Waals surface area contributed by atoms with Crippen LogP contribution in [-0.4, -0.2) is 10.1 Å². The Morgan fingerprint density at radius 2 is 2.08 bits per heavy atom. The lowest BCUT2D eigenvalue weighted by atomic mass is 10.2. The number of aromatic hydroxyl groups is 1. The van der Waals surface area contributed by atoms with Crippen LogP contribution in [-0.2, 0) is 0 Å². The van der Waals surface area contributed by atoms with Gasteiger partial charge in [-0.15, -0.1) is 0 Å². The van der Waals surface area contributed by atoms with Gasteiger partial charge in [0.2, 0.25) is 0 Å². The summed E-state index contributed by atoms with van der Waals surface area (Å²) in [5, 5.41) is 10.6. The van der Waals surface area contributed by atoms with Crippen LogP contribution in [0.5, 0.6) is 5.75 Å². The van der Waals surface area contributed by atoms with Crippen molar-refractivity contribution in [1.29, 1.82) is 0 Å². The summed E-state index contributed by atoms with van der Waals surface area (Å²) in [6, 6.07) is 6.86. The molecule has 0 atom stereocenters. The summed E-state index contributed by atoms with van der Waals surface area (Å²) in [7, 11) is 0. The van der Waals surface area contributed by atoms with Gasteiger partial charge in [0.25, 0.3) is 0 Å². The first-order chi connectivity index (χ1) is 5.79. The molecule has 2 aromatic rings. The van der Waals surface area contributed by atoms with Crippen LogP contribution in [0.15, 0.2) is 30.5 Å². The Hall–Kier alpha value is -1.28. The second-order valence-electron chi connectivity index (χ2n) is 2.46. The molecular formula is C9H6ClNO. The smallest absolute Gasteiger partial charge is 0.128 e. The third kappa shape index (κ3) is 1.01. The summed E-state index contributed by atoms with van der Waals surface area (Å²) in [4.78, 5) is 4.06. The molecule has 0 aliphatic heterocycles. The van der Waals surface area contributed by atoms with Gasteiger partial charge in [-0.2, -0.15) is 0 Å². The van der Waals surface area contributed by atoms with E-state index in [4.69, 9.17) is 11.6 Å². The fourth-order valence-electron chi connectivity index (χ4n) is 1.15. The molecule has 0 aliphatic carbocycles. The monoisotopic (exact) mass is 179 g/mol. The molecule has 0 fully saturated rings. The lowest BCUT2D eigenvalue weighted by molar-refractivity contribution is 0.481. The average molecular weight is 180 g/mol. The SMILES string of the molecule is Oc1ccnc2cccc(Cl)c12. The molecule has 0 aliphatic rings. The Morgan fingerprint density at radius 3 is 2.83 bits per heavy atom. The first-order valence-corrected chi connectivity index (χ1v) is 3.89.